The van der Waals surface area contributed by atoms with Crippen molar-refractivity contribution in [1.29, 1.82) is 0 Å². The first kappa shape index (κ1) is 38.3. The normalized spacial score (nSPS) is 22.0. The third-order valence-electron chi connectivity index (χ3n) is 10.3. The number of benzene rings is 1. The average molecular weight is 828 g/mol. The van der Waals surface area contributed by atoms with Crippen molar-refractivity contribution in [1.82, 2.24) is 9.03 Å². The first-order chi connectivity index (χ1) is 22.8. The van der Waals surface area contributed by atoms with Crippen molar-refractivity contribution in [3.05, 3.63) is 38.1 Å². The van der Waals surface area contributed by atoms with Gasteiger partial charge < -0.3 is 10.0 Å². The summed E-state index contributed by atoms with van der Waals surface area (Å²) < 4.78 is 57.5. The lowest BCUT2D eigenvalue weighted by Gasteiger charge is -2.34. The molecule has 0 amide bonds. The van der Waals surface area contributed by atoms with Crippen LogP contribution in [0.3, 0.4) is 0 Å². The van der Waals surface area contributed by atoms with Gasteiger partial charge in [0.05, 0.1) is 21.5 Å². The van der Waals surface area contributed by atoms with E-state index >= 15 is 0 Å². The smallest absolute Gasteiger partial charge is 0.306 e. The quantitative estimate of drug-likeness (QED) is 0.173. The number of piperidine rings is 2. The molecule has 2 N–H and O–H groups in total. The molecule has 3 fully saturated rings. The third kappa shape index (κ3) is 9.89. The van der Waals surface area contributed by atoms with Crippen molar-refractivity contribution in [3.8, 4) is 0 Å². The summed E-state index contributed by atoms with van der Waals surface area (Å²) in [5, 5.41) is 9.62. The molecule has 2 unspecified atom stereocenters. The summed E-state index contributed by atoms with van der Waals surface area (Å²) >= 11 is 17.1. The van der Waals surface area contributed by atoms with E-state index in [0.29, 0.717) is 62.2 Å². The number of unbranched alkanes of at least 4 members (excludes halogenated alkanes) is 4. The molecule has 3 heterocycles. The van der Waals surface area contributed by atoms with Gasteiger partial charge in [-0.25, -0.2) is 21.6 Å². The number of nitrogens with zero attached hydrogens (tertiary/aromatic N) is 2. The van der Waals surface area contributed by atoms with E-state index < -0.39 is 31.9 Å². The Balaban J connectivity index is 0.938. The molecule has 5 rings (SSSR count). The van der Waals surface area contributed by atoms with Gasteiger partial charge in [0.2, 0.25) is 10.0 Å². The molecule has 1 aromatic heterocycles. The zero-order chi connectivity index (χ0) is 34.5. The zero-order valence-electron chi connectivity index (χ0n) is 27.1. The van der Waals surface area contributed by atoms with Crippen LogP contribution in [0.4, 0.5) is 5.69 Å². The summed E-state index contributed by atoms with van der Waals surface area (Å²) in [6.45, 7) is 2.94. The highest BCUT2D eigenvalue weighted by Gasteiger charge is 2.33. The average Bonchev–Trinajstić information content (AvgIpc) is 3.67. The van der Waals surface area contributed by atoms with Gasteiger partial charge >= 0.3 is 5.97 Å². The molecule has 2 aromatic rings. The van der Waals surface area contributed by atoms with Crippen LogP contribution in [-0.4, -0.2) is 64.4 Å². The summed E-state index contributed by atoms with van der Waals surface area (Å²) in [7, 11) is -7.26. The molecule has 1 saturated carbocycles. The lowest BCUT2D eigenvalue weighted by Crippen LogP contribution is -2.38. The fourth-order valence-corrected chi connectivity index (χ4v) is 13.0. The number of thiophene rings is 1. The van der Waals surface area contributed by atoms with Crippen LogP contribution in [0.1, 0.15) is 89.9 Å². The SMILES string of the molecule is O=C(O)C1CCC(NS(=O)(=O)c2ccc(N3CCC(CCCCCCCC4CCN(S(=O)(=O)c5cc(Br)c(Cl)s5)CC4)CC3)c(Cl)c2)C1. The number of carboxylic acids is 1. The molecule has 1 aliphatic carbocycles. The van der Waals surface area contributed by atoms with E-state index in [1.807, 2.05) is 0 Å². The first-order valence-electron chi connectivity index (χ1n) is 17.1. The summed E-state index contributed by atoms with van der Waals surface area (Å²) in [5.41, 5.74) is 0.855. The molecule has 268 valence electrons. The summed E-state index contributed by atoms with van der Waals surface area (Å²) in [6.07, 6.45) is 13.8. The van der Waals surface area contributed by atoms with Gasteiger partial charge in [0.1, 0.15) is 8.55 Å². The van der Waals surface area contributed by atoms with Crippen LogP contribution in [0, 0.1) is 17.8 Å². The molecule has 48 heavy (non-hydrogen) atoms. The highest BCUT2D eigenvalue weighted by atomic mass is 79.9. The van der Waals surface area contributed by atoms with E-state index in [1.165, 1.54) is 51.0 Å². The molecular formula is C33H46BrCl2N3O6S3. The van der Waals surface area contributed by atoms with Crippen LogP contribution in [0.2, 0.25) is 9.36 Å². The first-order valence-corrected chi connectivity index (χ1v) is 22.4. The monoisotopic (exact) mass is 825 g/mol. The van der Waals surface area contributed by atoms with Crippen molar-refractivity contribution in [2.24, 2.45) is 17.8 Å². The highest BCUT2D eigenvalue weighted by Crippen LogP contribution is 2.38. The van der Waals surface area contributed by atoms with Crippen LogP contribution < -0.4 is 9.62 Å². The van der Waals surface area contributed by atoms with Crippen molar-refractivity contribution in [2.45, 2.75) is 105 Å². The van der Waals surface area contributed by atoms with Gasteiger partial charge in [-0.2, -0.15) is 4.31 Å². The van der Waals surface area contributed by atoms with E-state index in [4.69, 9.17) is 23.2 Å². The van der Waals surface area contributed by atoms with Gasteiger partial charge in [-0.3, -0.25) is 4.79 Å². The molecule has 9 nitrogen and oxygen atoms in total. The maximum Gasteiger partial charge on any atom is 0.306 e. The van der Waals surface area contributed by atoms with E-state index in [9.17, 15) is 26.7 Å². The number of hydrogen-bond acceptors (Lipinski definition) is 7. The van der Waals surface area contributed by atoms with Crippen LogP contribution in [0.15, 0.2) is 37.8 Å². The Kier molecular flexibility index (Phi) is 13.6. The Morgan fingerprint density at radius 1 is 0.875 bits per heavy atom. The van der Waals surface area contributed by atoms with Gasteiger partial charge in [0, 0.05) is 36.7 Å². The van der Waals surface area contributed by atoms with E-state index in [1.54, 1.807) is 22.5 Å². The Hall–Kier alpha value is -0.930. The number of hydrogen-bond donors (Lipinski definition) is 2. The molecule has 15 heteroatoms. The van der Waals surface area contributed by atoms with Gasteiger partial charge in [-0.15, -0.1) is 11.3 Å². The zero-order valence-corrected chi connectivity index (χ0v) is 32.6. The molecule has 0 radical (unpaired) electrons. The lowest BCUT2D eigenvalue weighted by molar-refractivity contribution is -0.141. The predicted molar refractivity (Wildman–Crippen MR) is 196 cm³/mol. The number of nitrogens with one attached hydrogen (secondary N) is 1. The number of carbonyl (C=O) groups is 1. The number of anilines is 1. The molecular weight excluding hydrogens is 781 g/mol. The summed E-state index contributed by atoms with van der Waals surface area (Å²) in [4.78, 5) is 13.6. The van der Waals surface area contributed by atoms with Crippen molar-refractivity contribution in [2.75, 3.05) is 31.1 Å². The maximum absolute atomic E-state index is 13.0. The minimum Gasteiger partial charge on any atom is -0.481 e. The Bertz CT molecular complexity index is 1610. The molecule has 3 aliphatic rings. The number of sulfonamides is 2. The van der Waals surface area contributed by atoms with Gasteiger partial charge in [0.15, 0.2) is 0 Å². The Morgan fingerprint density at radius 3 is 2.02 bits per heavy atom. The summed E-state index contributed by atoms with van der Waals surface area (Å²) in [6, 6.07) is 6.11. The molecule has 1 aromatic carbocycles. The van der Waals surface area contributed by atoms with Gasteiger partial charge in [-0.1, -0.05) is 68.1 Å². The van der Waals surface area contributed by atoms with E-state index in [2.05, 4.69) is 25.6 Å². The second-order valence-electron chi connectivity index (χ2n) is 13.6. The predicted octanol–water partition coefficient (Wildman–Crippen LogP) is 8.40. The van der Waals surface area contributed by atoms with Crippen LogP contribution >= 0.6 is 50.5 Å². The Morgan fingerprint density at radius 2 is 1.48 bits per heavy atom. The third-order valence-corrected chi connectivity index (χ3v) is 16.9. The number of rotatable bonds is 15. The number of halogens is 3. The van der Waals surface area contributed by atoms with Gasteiger partial charge in [0.25, 0.3) is 10.0 Å². The van der Waals surface area contributed by atoms with Crippen LogP contribution in [-0.2, 0) is 24.8 Å². The molecule has 0 bridgehead atoms. The second-order valence-corrected chi connectivity index (χ2v) is 20.4. The van der Waals surface area contributed by atoms with Crippen LogP contribution in [0.25, 0.3) is 0 Å². The Labute approximate surface area is 308 Å². The fraction of sp³-hybridized carbons (Fsp3) is 0.667. The van der Waals surface area contributed by atoms with Crippen molar-refractivity contribution >= 4 is 82.2 Å². The molecule has 2 aliphatic heterocycles. The largest absolute Gasteiger partial charge is 0.481 e. The van der Waals surface area contributed by atoms with E-state index in [-0.39, 0.29) is 10.9 Å². The fourth-order valence-electron chi connectivity index (χ4n) is 7.39. The highest BCUT2D eigenvalue weighted by molar-refractivity contribution is 9.10. The second kappa shape index (κ2) is 17.1. The topological polar surface area (TPSA) is 124 Å². The maximum atomic E-state index is 13.0. The molecule has 2 atom stereocenters. The van der Waals surface area contributed by atoms with Crippen LogP contribution in [0.5, 0.6) is 0 Å². The minimum atomic E-state index is -3.78. The number of carboxylic acid groups (broad SMARTS) is 1. The number of aliphatic carboxylic acids is 1. The van der Waals surface area contributed by atoms with Crippen molar-refractivity contribution in [3.63, 3.8) is 0 Å². The minimum absolute atomic E-state index is 0.107. The van der Waals surface area contributed by atoms with Gasteiger partial charge in [-0.05, 0) is 97.0 Å². The summed E-state index contributed by atoms with van der Waals surface area (Å²) in [5.74, 6) is -0.0950. The lowest BCUT2D eigenvalue weighted by atomic mass is 9.90. The van der Waals surface area contributed by atoms with Crippen molar-refractivity contribution < 1.29 is 26.7 Å². The van der Waals surface area contributed by atoms with E-state index in [0.717, 1.165) is 55.8 Å². The molecule has 2 saturated heterocycles. The molecule has 0 spiro atoms. The standard InChI is InChI=1S/C33H46BrCl2N3O6S3/c34-28-22-31(46-32(28)36)48(44,45)39-18-14-24(15-19-39)7-5-3-1-2-4-6-23-12-16-38(17-13-23)30-11-10-27(21-29(30)35)47(42,43)37-26-9-8-25(20-26)33(40)41/h10-11,21-26,37H,1-9,12-20H2,(H,40,41).